The Bertz CT molecular complexity index is 505. The van der Waals surface area contributed by atoms with Gasteiger partial charge < -0.3 is 5.73 Å². The van der Waals surface area contributed by atoms with Crippen molar-refractivity contribution in [2.45, 2.75) is 33.2 Å². The molecule has 0 saturated carbocycles. The predicted molar refractivity (Wildman–Crippen MR) is 72.0 cm³/mol. The molecule has 0 bridgehead atoms. The maximum absolute atomic E-state index is 5.75. The van der Waals surface area contributed by atoms with Gasteiger partial charge in [0, 0.05) is 17.1 Å². The average molecular weight is 247 g/mol. The van der Waals surface area contributed by atoms with Crippen LogP contribution in [0.15, 0.2) is 18.2 Å². The van der Waals surface area contributed by atoms with Crippen LogP contribution in [-0.2, 0) is 13.0 Å². The Morgan fingerprint density at radius 1 is 1.29 bits per heavy atom. The molecule has 17 heavy (non-hydrogen) atoms. The zero-order valence-electron chi connectivity index (χ0n) is 10.2. The van der Waals surface area contributed by atoms with E-state index in [1.807, 2.05) is 25.1 Å². The lowest BCUT2D eigenvalue weighted by molar-refractivity contribution is 0.871. The molecule has 0 atom stereocenters. The third-order valence-electron chi connectivity index (χ3n) is 2.56. The molecule has 2 rings (SSSR count). The van der Waals surface area contributed by atoms with E-state index in [1.165, 1.54) is 4.88 Å². The maximum atomic E-state index is 5.75. The first-order valence-electron chi connectivity index (χ1n) is 5.87. The van der Waals surface area contributed by atoms with E-state index >= 15 is 0 Å². The Morgan fingerprint density at radius 2 is 2.12 bits per heavy atom. The van der Waals surface area contributed by atoms with Gasteiger partial charge in [-0.1, -0.05) is 19.4 Å². The van der Waals surface area contributed by atoms with Gasteiger partial charge in [-0.15, -0.1) is 11.3 Å². The van der Waals surface area contributed by atoms with Crippen LogP contribution in [0, 0.1) is 6.92 Å². The number of hydrogen-bond donors (Lipinski definition) is 1. The molecule has 0 aliphatic heterocycles. The second-order valence-electron chi connectivity index (χ2n) is 4.01. The number of pyridine rings is 1. The predicted octanol–water partition coefficient (Wildman–Crippen LogP) is 2.92. The monoisotopic (exact) mass is 247 g/mol. The number of aryl methyl sites for hydroxylation is 2. The molecule has 4 heteroatoms. The van der Waals surface area contributed by atoms with Crippen LogP contribution in [0.4, 0.5) is 0 Å². The lowest BCUT2D eigenvalue weighted by atomic mass is 10.2. The normalized spacial score (nSPS) is 10.8. The van der Waals surface area contributed by atoms with Gasteiger partial charge in [0.2, 0.25) is 0 Å². The third-order valence-corrected chi connectivity index (χ3v) is 3.70. The van der Waals surface area contributed by atoms with E-state index in [1.54, 1.807) is 11.3 Å². The smallest absolute Gasteiger partial charge is 0.142 e. The standard InChI is InChI=1S/C13H17N3S/c1-3-5-10-12(8-14)17-13(16-10)11-7-4-6-9(2)15-11/h4,6-7H,3,5,8,14H2,1-2H3. The Hall–Kier alpha value is -1.26. The van der Waals surface area contributed by atoms with Gasteiger partial charge in [-0.2, -0.15) is 0 Å². The summed E-state index contributed by atoms with van der Waals surface area (Å²) >= 11 is 1.66. The molecule has 0 radical (unpaired) electrons. The van der Waals surface area contributed by atoms with Gasteiger partial charge in [0.15, 0.2) is 0 Å². The maximum Gasteiger partial charge on any atom is 0.142 e. The Balaban J connectivity index is 2.39. The van der Waals surface area contributed by atoms with Crippen molar-refractivity contribution in [2.75, 3.05) is 0 Å². The molecule has 0 unspecified atom stereocenters. The summed E-state index contributed by atoms with van der Waals surface area (Å²) < 4.78 is 0. The van der Waals surface area contributed by atoms with E-state index in [4.69, 9.17) is 5.73 Å². The average Bonchev–Trinajstić information content (AvgIpc) is 2.73. The van der Waals surface area contributed by atoms with Gasteiger partial charge in [0.1, 0.15) is 5.01 Å². The summed E-state index contributed by atoms with van der Waals surface area (Å²) in [6.07, 6.45) is 2.09. The highest BCUT2D eigenvalue weighted by atomic mass is 32.1. The number of rotatable bonds is 4. The molecule has 0 aliphatic rings. The molecule has 0 aromatic carbocycles. The van der Waals surface area contributed by atoms with E-state index in [-0.39, 0.29) is 0 Å². The topological polar surface area (TPSA) is 51.8 Å². The molecular formula is C13H17N3S. The number of nitrogens with two attached hydrogens (primary N) is 1. The van der Waals surface area contributed by atoms with Crippen molar-refractivity contribution in [1.29, 1.82) is 0 Å². The van der Waals surface area contributed by atoms with Crippen LogP contribution in [0.3, 0.4) is 0 Å². The summed E-state index contributed by atoms with van der Waals surface area (Å²) in [5, 5.41) is 0.984. The number of nitrogens with zero attached hydrogens (tertiary/aromatic N) is 2. The van der Waals surface area contributed by atoms with Crippen LogP contribution in [0.1, 0.15) is 29.6 Å². The molecule has 2 N–H and O–H groups in total. The first-order valence-corrected chi connectivity index (χ1v) is 6.69. The molecule has 0 fully saturated rings. The molecule has 0 aliphatic carbocycles. The van der Waals surface area contributed by atoms with Crippen molar-refractivity contribution < 1.29 is 0 Å². The zero-order valence-corrected chi connectivity index (χ0v) is 11.0. The lowest BCUT2D eigenvalue weighted by Crippen LogP contribution is -1.97. The van der Waals surface area contributed by atoms with Crippen molar-refractivity contribution in [3.63, 3.8) is 0 Å². The summed E-state index contributed by atoms with van der Waals surface area (Å²) in [6.45, 7) is 4.72. The fourth-order valence-electron chi connectivity index (χ4n) is 1.75. The van der Waals surface area contributed by atoms with Crippen LogP contribution in [0.5, 0.6) is 0 Å². The van der Waals surface area contributed by atoms with Crippen LogP contribution >= 0.6 is 11.3 Å². The van der Waals surface area contributed by atoms with Gasteiger partial charge >= 0.3 is 0 Å². The quantitative estimate of drug-likeness (QED) is 0.903. The SMILES string of the molecule is CCCc1nc(-c2cccc(C)n2)sc1CN. The minimum Gasteiger partial charge on any atom is -0.326 e. The molecule has 0 spiro atoms. The molecule has 2 heterocycles. The fourth-order valence-corrected chi connectivity index (χ4v) is 2.70. The van der Waals surface area contributed by atoms with Gasteiger partial charge in [-0.3, -0.25) is 4.98 Å². The minimum atomic E-state index is 0.568. The number of aromatic nitrogens is 2. The van der Waals surface area contributed by atoms with Crippen LogP contribution < -0.4 is 5.73 Å². The third kappa shape index (κ3) is 2.70. The van der Waals surface area contributed by atoms with Gasteiger partial charge in [0.05, 0.1) is 11.4 Å². The molecule has 0 saturated heterocycles. The van der Waals surface area contributed by atoms with Crippen molar-refractivity contribution in [3.05, 3.63) is 34.5 Å². The number of thiazole rings is 1. The zero-order chi connectivity index (χ0) is 12.3. The van der Waals surface area contributed by atoms with E-state index in [9.17, 15) is 0 Å². The van der Waals surface area contributed by atoms with Crippen molar-refractivity contribution in [2.24, 2.45) is 5.73 Å². The van der Waals surface area contributed by atoms with E-state index < -0.39 is 0 Å². The second-order valence-corrected chi connectivity index (χ2v) is 5.09. The summed E-state index contributed by atoms with van der Waals surface area (Å²) in [4.78, 5) is 10.3. The molecule has 90 valence electrons. The molecule has 0 amide bonds. The van der Waals surface area contributed by atoms with Gasteiger partial charge in [0.25, 0.3) is 0 Å². The highest BCUT2D eigenvalue weighted by Crippen LogP contribution is 2.27. The minimum absolute atomic E-state index is 0.568. The van der Waals surface area contributed by atoms with E-state index in [0.717, 1.165) is 34.9 Å². The first-order chi connectivity index (χ1) is 8.24. The van der Waals surface area contributed by atoms with Crippen molar-refractivity contribution >= 4 is 11.3 Å². The van der Waals surface area contributed by atoms with Crippen molar-refractivity contribution in [1.82, 2.24) is 9.97 Å². The van der Waals surface area contributed by atoms with Crippen molar-refractivity contribution in [3.8, 4) is 10.7 Å². The highest BCUT2D eigenvalue weighted by Gasteiger charge is 2.11. The molecule has 2 aromatic heterocycles. The van der Waals surface area contributed by atoms with E-state index in [0.29, 0.717) is 6.54 Å². The van der Waals surface area contributed by atoms with Gasteiger partial charge in [-0.25, -0.2) is 4.98 Å². The first kappa shape index (κ1) is 12.2. The highest BCUT2D eigenvalue weighted by molar-refractivity contribution is 7.15. The summed E-state index contributed by atoms with van der Waals surface area (Å²) in [6, 6.07) is 6.01. The molecule has 2 aromatic rings. The summed E-state index contributed by atoms with van der Waals surface area (Å²) in [5.74, 6) is 0. The molecular weight excluding hydrogens is 230 g/mol. The van der Waals surface area contributed by atoms with Crippen LogP contribution in [-0.4, -0.2) is 9.97 Å². The Kier molecular flexibility index (Phi) is 3.86. The number of hydrogen-bond acceptors (Lipinski definition) is 4. The summed E-state index contributed by atoms with van der Waals surface area (Å²) in [7, 11) is 0. The van der Waals surface area contributed by atoms with Gasteiger partial charge in [-0.05, 0) is 25.5 Å². The Labute approximate surface area is 106 Å². The largest absolute Gasteiger partial charge is 0.326 e. The summed E-state index contributed by atoms with van der Waals surface area (Å²) in [5.41, 5.74) is 8.86. The van der Waals surface area contributed by atoms with Crippen LogP contribution in [0.2, 0.25) is 0 Å². The Morgan fingerprint density at radius 3 is 2.76 bits per heavy atom. The second kappa shape index (κ2) is 5.38. The molecule has 3 nitrogen and oxygen atoms in total. The van der Waals surface area contributed by atoms with Crippen LogP contribution in [0.25, 0.3) is 10.7 Å². The lowest BCUT2D eigenvalue weighted by Gasteiger charge is -1.96. The van der Waals surface area contributed by atoms with E-state index in [2.05, 4.69) is 16.9 Å². The fraction of sp³-hybridized carbons (Fsp3) is 0.385.